The van der Waals surface area contributed by atoms with E-state index in [4.69, 9.17) is 0 Å². The predicted molar refractivity (Wildman–Crippen MR) is 114 cm³/mol. The van der Waals surface area contributed by atoms with Crippen LogP contribution < -0.4 is 4.90 Å². The highest BCUT2D eigenvalue weighted by atomic mass is 32.2. The van der Waals surface area contributed by atoms with Gasteiger partial charge < -0.3 is 14.8 Å². The van der Waals surface area contributed by atoms with Gasteiger partial charge in [-0.3, -0.25) is 4.79 Å². The second kappa shape index (κ2) is 7.56. The highest BCUT2D eigenvalue weighted by Gasteiger charge is 2.34. The lowest BCUT2D eigenvalue weighted by atomic mass is 9.81. The number of hydrogen-bond donors (Lipinski definition) is 1. The fourth-order valence-corrected chi connectivity index (χ4v) is 5.05. The Morgan fingerprint density at radius 3 is 2.47 bits per heavy atom. The number of H-pyrrole nitrogens is 1. The van der Waals surface area contributed by atoms with Crippen LogP contribution >= 0.6 is 0 Å². The predicted octanol–water partition coefficient (Wildman–Crippen LogP) is 1.41. The van der Waals surface area contributed by atoms with E-state index in [2.05, 4.69) is 20.9 Å². The van der Waals surface area contributed by atoms with Gasteiger partial charge in [-0.2, -0.15) is 9.57 Å². The molecule has 1 amide bonds. The molecule has 0 bridgehead atoms. The Labute approximate surface area is 176 Å². The SMILES string of the molecule is CC1(C#N)CCN(c2c(C(=O)N3CCN(S(C)(=O)=O)CC3)cnc3[nH]ccc23)CC1. The number of rotatable bonds is 3. The fourth-order valence-electron chi connectivity index (χ4n) is 4.22. The lowest BCUT2D eigenvalue weighted by Crippen LogP contribution is -2.50. The van der Waals surface area contributed by atoms with Crippen LogP contribution in [0.5, 0.6) is 0 Å². The van der Waals surface area contributed by atoms with Crippen LogP contribution in [0.1, 0.15) is 30.1 Å². The first-order valence-electron chi connectivity index (χ1n) is 10.1. The molecule has 0 aliphatic carbocycles. The number of hydrogen-bond acceptors (Lipinski definition) is 6. The number of nitrogens with one attached hydrogen (secondary N) is 1. The van der Waals surface area contributed by atoms with Crippen molar-refractivity contribution in [2.45, 2.75) is 19.8 Å². The third-order valence-electron chi connectivity index (χ3n) is 6.24. The van der Waals surface area contributed by atoms with Crippen molar-refractivity contribution in [3.63, 3.8) is 0 Å². The summed E-state index contributed by atoms with van der Waals surface area (Å²) in [7, 11) is -3.26. The zero-order valence-corrected chi connectivity index (χ0v) is 18.1. The van der Waals surface area contributed by atoms with Gasteiger partial charge >= 0.3 is 0 Å². The summed E-state index contributed by atoms with van der Waals surface area (Å²) in [6.45, 7) is 4.66. The second-order valence-electron chi connectivity index (χ2n) is 8.37. The van der Waals surface area contributed by atoms with Crippen LogP contribution in [0, 0.1) is 16.7 Å². The maximum absolute atomic E-state index is 13.4. The number of amides is 1. The highest BCUT2D eigenvalue weighted by Crippen LogP contribution is 2.37. The van der Waals surface area contributed by atoms with E-state index >= 15 is 0 Å². The monoisotopic (exact) mass is 430 g/mol. The Morgan fingerprint density at radius 2 is 1.87 bits per heavy atom. The summed E-state index contributed by atoms with van der Waals surface area (Å²) in [6, 6.07) is 4.34. The van der Waals surface area contributed by atoms with Crippen LogP contribution in [0.3, 0.4) is 0 Å². The molecule has 2 saturated heterocycles. The number of piperazine rings is 1. The number of nitriles is 1. The molecule has 2 aromatic heterocycles. The molecule has 160 valence electrons. The van der Waals surface area contributed by atoms with Crippen molar-refractivity contribution in [1.29, 1.82) is 5.26 Å². The zero-order valence-electron chi connectivity index (χ0n) is 17.3. The molecular weight excluding hydrogens is 404 g/mol. The van der Waals surface area contributed by atoms with Crippen molar-refractivity contribution < 1.29 is 13.2 Å². The van der Waals surface area contributed by atoms with Crippen molar-refractivity contribution in [2.24, 2.45) is 5.41 Å². The number of carbonyl (C=O) groups is 1. The minimum Gasteiger partial charge on any atom is -0.370 e. The van der Waals surface area contributed by atoms with Crippen molar-refractivity contribution in [2.75, 3.05) is 50.4 Å². The van der Waals surface area contributed by atoms with Gasteiger partial charge in [-0.1, -0.05) is 0 Å². The molecule has 2 aliphatic rings. The molecule has 2 aliphatic heterocycles. The van der Waals surface area contributed by atoms with Gasteiger partial charge in [-0.15, -0.1) is 0 Å². The van der Waals surface area contributed by atoms with E-state index in [1.807, 2.05) is 19.2 Å². The third-order valence-corrected chi connectivity index (χ3v) is 7.54. The molecule has 4 heterocycles. The van der Waals surface area contributed by atoms with Gasteiger partial charge in [0, 0.05) is 57.0 Å². The average Bonchev–Trinajstić information content (AvgIpc) is 3.22. The molecule has 2 aromatic rings. The number of aromatic nitrogens is 2. The van der Waals surface area contributed by atoms with E-state index in [1.165, 1.54) is 10.6 Å². The second-order valence-corrected chi connectivity index (χ2v) is 10.4. The molecule has 30 heavy (non-hydrogen) atoms. The lowest BCUT2D eigenvalue weighted by Gasteiger charge is -2.38. The summed E-state index contributed by atoms with van der Waals surface area (Å²) in [5.41, 5.74) is 1.75. The maximum atomic E-state index is 13.4. The first-order valence-corrected chi connectivity index (χ1v) is 11.9. The number of carbonyl (C=O) groups excluding carboxylic acids is 1. The topological polar surface area (TPSA) is 113 Å². The van der Waals surface area contributed by atoms with Gasteiger partial charge in [-0.05, 0) is 25.8 Å². The zero-order chi connectivity index (χ0) is 21.5. The van der Waals surface area contributed by atoms with Crippen LogP contribution in [0.15, 0.2) is 18.5 Å². The van der Waals surface area contributed by atoms with Crippen LogP contribution in [0.25, 0.3) is 11.0 Å². The van der Waals surface area contributed by atoms with Gasteiger partial charge in [-0.25, -0.2) is 13.4 Å². The van der Waals surface area contributed by atoms with E-state index in [1.54, 1.807) is 11.1 Å². The van der Waals surface area contributed by atoms with E-state index in [0.29, 0.717) is 44.8 Å². The summed E-state index contributed by atoms with van der Waals surface area (Å²) < 4.78 is 24.9. The molecule has 10 heteroatoms. The molecule has 0 aromatic carbocycles. The number of sulfonamides is 1. The van der Waals surface area contributed by atoms with Gasteiger partial charge in [0.2, 0.25) is 10.0 Å². The molecule has 0 radical (unpaired) electrons. The van der Waals surface area contributed by atoms with Gasteiger partial charge in [0.25, 0.3) is 5.91 Å². The molecule has 2 fully saturated rings. The Kier molecular flexibility index (Phi) is 5.20. The van der Waals surface area contributed by atoms with E-state index < -0.39 is 10.0 Å². The highest BCUT2D eigenvalue weighted by molar-refractivity contribution is 7.88. The number of aromatic amines is 1. The summed E-state index contributed by atoms with van der Waals surface area (Å²) in [5, 5.41) is 10.3. The average molecular weight is 431 g/mol. The van der Waals surface area contributed by atoms with E-state index in [0.717, 1.165) is 29.6 Å². The molecule has 0 unspecified atom stereocenters. The first kappa shape index (κ1) is 20.6. The van der Waals surface area contributed by atoms with Gasteiger partial charge in [0.15, 0.2) is 0 Å². The van der Waals surface area contributed by atoms with E-state index in [-0.39, 0.29) is 11.3 Å². The van der Waals surface area contributed by atoms with Crippen molar-refractivity contribution in [3.05, 3.63) is 24.0 Å². The summed E-state index contributed by atoms with van der Waals surface area (Å²) in [6.07, 6.45) is 6.08. The molecule has 1 N–H and O–H groups in total. The molecule has 0 atom stereocenters. The normalized spacial score (nSPS) is 20.3. The Balaban J connectivity index is 1.63. The summed E-state index contributed by atoms with van der Waals surface area (Å²) in [4.78, 5) is 24.8. The Hall–Kier alpha value is -2.64. The minimum atomic E-state index is -3.26. The van der Waals surface area contributed by atoms with Crippen molar-refractivity contribution in [1.82, 2.24) is 19.2 Å². The van der Waals surface area contributed by atoms with Crippen molar-refractivity contribution in [3.8, 4) is 6.07 Å². The minimum absolute atomic E-state index is 0.137. The number of anilines is 1. The maximum Gasteiger partial charge on any atom is 0.257 e. The smallest absolute Gasteiger partial charge is 0.257 e. The Bertz CT molecular complexity index is 1100. The van der Waals surface area contributed by atoms with Crippen LogP contribution in [-0.4, -0.2) is 79.0 Å². The standard InChI is InChI=1S/C20H26N6O3S/c1-20(14-21)4-7-24(8-5-20)17-15-3-6-22-18(15)23-13-16(17)19(27)25-9-11-26(12-10-25)30(2,28)29/h3,6,13H,4-5,7-12H2,1-2H3,(H,22,23). The summed E-state index contributed by atoms with van der Waals surface area (Å²) >= 11 is 0. The van der Waals surface area contributed by atoms with Gasteiger partial charge in [0.05, 0.1) is 29.0 Å². The summed E-state index contributed by atoms with van der Waals surface area (Å²) in [5.74, 6) is -0.137. The number of pyridine rings is 1. The van der Waals surface area contributed by atoms with Crippen LogP contribution in [0.2, 0.25) is 0 Å². The fraction of sp³-hybridized carbons (Fsp3) is 0.550. The number of fused-ring (bicyclic) bond motifs is 1. The molecule has 9 nitrogen and oxygen atoms in total. The number of piperidine rings is 1. The van der Waals surface area contributed by atoms with Gasteiger partial charge in [0.1, 0.15) is 5.65 Å². The molecular formula is C20H26N6O3S. The largest absolute Gasteiger partial charge is 0.370 e. The molecule has 0 saturated carbocycles. The van der Waals surface area contributed by atoms with Crippen LogP contribution in [0.4, 0.5) is 5.69 Å². The first-order chi connectivity index (χ1) is 14.2. The molecule has 0 spiro atoms. The van der Waals surface area contributed by atoms with E-state index in [9.17, 15) is 18.5 Å². The number of nitrogens with zero attached hydrogens (tertiary/aromatic N) is 5. The van der Waals surface area contributed by atoms with Crippen LogP contribution in [-0.2, 0) is 10.0 Å². The quantitative estimate of drug-likeness (QED) is 0.788. The third kappa shape index (κ3) is 3.75. The lowest BCUT2D eigenvalue weighted by molar-refractivity contribution is 0.0698. The molecule has 4 rings (SSSR count). The van der Waals surface area contributed by atoms with Crippen molar-refractivity contribution >= 4 is 32.7 Å². The Morgan fingerprint density at radius 1 is 1.20 bits per heavy atom.